The maximum Gasteiger partial charge on any atom is 0.344 e. The van der Waals surface area contributed by atoms with Crippen LogP contribution in [0.1, 0.15) is 36.5 Å². The fourth-order valence-electron chi connectivity index (χ4n) is 5.03. The van der Waals surface area contributed by atoms with Gasteiger partial charge < -0.3 is 10.6 Å². The molecule has 0 radical (unpaired) electrons. The number of nitrogens with zero attached hydrogens (tertiary/aromatic N) is 2. The number of nitrogens with one attached hydrogen (secondary N) is 3. The van der Waals surface area contributed by atoms with Gasteiger partial charge in [0.1, 0.15) is 17.6 Å². The summed E-state index contributed by atoms with van der Waals surface area (Å²) in [6.07, 6.45) is 1.92. The van der Waals surface area contributed by atoms with Gasteiger partial charge in [-0.1, -0.05) is 54.6 Å². The molecule has 2 aliphatic heterocycles. The number of aryl methyl sites for hydroxylation is 2. The number of hydrogen-bond donors (Lipinski definition) is 3. The lowest BCUT2D eigenvalue weighted by Gasteiger charge is -2.23. The van der Waals surface area contributed by atoms with Crippen molar-refractivity contribution in [3.63, 3.8) is 0 Å². The van der Waals surface area contributed by atoms with Gasteiger partial charge in [-0.25, -0.2) is 9.59 Å². The van der Waals surface area contributed by atoms with E-state index in [1.807, 2.05) is 42.5 Å². The molecule has 2 aromatic rings. The summed E-state index contributed by atoms with van der Waals surface area (Å²) in [6, 6.07) is 15.5. The summed E-state index contributed by atoms with van der Waals surface area (Å²) < 4.78 is 0. The molecule has 0 bridgehead atoms. The Hall–Kier alpha value is -4.21. The molecule has 2 heterocycles. The summed E-state index contributed by atoms with van der Waals surface area (Å²) in [5.41, 5.74) is 2.58. The number of benzene rings is 2. The SMILES string of the molecule is CC1(CCc2ccccc2)NC(=O)N(NC(=O)CN2C(=O)NC3(CCc4ccccc43)C2=O)C1=O. The molecule has 0 aromatic heterocycles. The van der Waals surface area contributed by atoms with Crippen molar-refractivity contribution in [2.24, 2.45) is 0 Å². The summed E-state index contributed by atoms with van der Waals surface area (Å²) in [4.78, 5) is 64.8. The molecule has 2 aromatic carbocycles. The van der Waals surface area contributed by atoms with Crippen LogP contribution in [0, 0.1) is 0 Å². The number of hydrogen-bond acceptors (Lipinski definition) is 5. The second-order valence-electron chi connectivity index (χ2n) is 9.31. The molecule has 1 spiro atoms. The number of carbonyl (C=O) groups is 5. The van der Waals surface area contributed by atoms with Crippen LogP contribution in [-0.2, 0) is 32.8 Å². The van der Waals surface area contributed by atoms with E-state index >= 15 is 0 Å². The van der Waals surface area contributed by atoms with Crippen molar-refractivity contribution >= 4 is 29.8 Å². The average Bonchev–Trinajstić information content (AvgIpc) is 3.41. The molecule has 2 saturated heterocycles. The molecular weight excluding hydrogens is 450 g/mol. The van der Waals surface area contributed by atoms with E-state index in [2.05, 4.69) is 16.1 Å². The summed E-state index contributed by atoms with van der Waals surface area (Å²) in [5, 5.41) is 5.99. The van der Waals surface area contributed by atoms with E-state index in [0.717, 1.165) is 21.6 Å². The third-order valence-electron chi connectivity index (χ3n) is 6.98. The Kier molecular flexibility index (Phi) is 5.31. The van der Waals surface area contributed by atoms with Crippen LogP contribution in [0.3, 0.4) is 0 Å². The van der Waals surface area contributed by atoms with E-state index in [1.165, 1.54) is 0 Å². The maximum absolute atomic E-state index is 13.2. The van der Waals surface area contributed by atoms with E-state index in [1.54, 1.807) is 19.1 Å². The Bertz CT molecular complexity index is 1250. The van der Waals surface area contributed by atoms with Gasteiger partial charge >= 0.3 is 12.1 Å². The molecule has 2 unspecified atom stereocenters. The quantitative estimate of drug-likeness (QED) is 0.544. The summed E-state index contributed by atoms with van der Waals surface area (Å²) in [5.74, 6) is -1.95. The molecule has 0 saturated carbocycles. The lowest BCUT2D eigenvalue weighted by molar-refractivity contribution is -0.140. The first-order valence-corrected chi connectivity index (χ1v) is 11.5. The molecule has 3 N–H and O–H groups in total. The van der Waals surface area contributed by atoms with Crippen LogP contribution in [0.2, 0.25) is 0 Å². The number of imide groups is 2. The van der Waals surface area contributed by atoms with Crippen LogP contribution in [0.25, 0.3) is 0 Å². The summed E-state index contributed by atoms with van der Waals surface area (Å²) in [6.45, 7) is 0.980. The van der Waals surface area contributed by atoms with Crippen LogP contribution < -0.4 is 16.1 Å². The highest BCUT2D eigenvalue weighted by molar-refractivity contribution is 6.11. The molecular formula is C25H25N5O5. The maximum atomic E-state index is 13.2. The van der Waals surface area contributed by atoms with Gasteiger partial charge in [0, 0.05) is 0 Å². The van der Waals surface area contributed by atoms with E-state index < -0.39 is 47.4 Å². The standard InChI is InChI=1S/C25H25N5O5/c1-24(13-11-16-7-3-2-4-8-16)20(32)30(23(35)26-24)28-19(31)15-29-21(33)25(27-22(29)34)14-12-17-9-5-6-10-18(17)25/h2-10H,11-15H2,1H3,(H,26,35)(H,27,34)(H,28,31). The van der Waals surface area contributed by atoms with Gasteiger partial charge in [0.2, 0.25) is 0 Å². The molecule has 1 aliphatic carbocycles. The minimum absolute atomic E-state index is 0.336. The Morgan fingerprint density at radius 2 is 1.66 bits per heavy atom. The zero-order chi connectivity index (χ0) is 24.8. The predicted molar refractivity (Wildman–Crippen MR) is 123 cm³/mol. The Morgan fingerprint density at radius 1 is 0.943 bits per heavy atom. The van der Waals surface area contributed by atoms with Gasteiger partial charge in [0.25, 0.3) is 17.7 Å². The van der Waals surface area contributed by atoms with Crippen molar-refractivity contribution in [1.82, 2.24) is 26.0 Å². The molecule has 3 aliphatic rings. The fraction of sp³-hybridized carbons (Fsp3) is 0.320. The lowest BCUT2D eigenvalue weighted by atomic mass is 9.92. The van der Waals surface area contributed by atoms with Crippen molar-refractivity contribution < 1.29 is 24.0 Å². The van der Waals surface area contributed by atoms with Gasteiger partial charge in [0.05, 0.1) is 0 Å². The number of carbonyl (C=O) groups excluding carboxylic acids is 5. The first kappa shape index (κ1) is 22.6. The van der Waals surface area contributed by atoms with Crippen molar-refractivity contribution in [3.8, 4) is 0 Å². The van der Waals surface area contributed by atoms with Crippen LogP contribution in [0.15, 0.2) is 54.6 Å². The first-order chi connectivity index (χ1) is 16.7. The van der Waals surface area contributed by atoms with E-state index in [9.17, 15) is 24.0 Å². The predicted octanol–water partition coefficient (Wildman–Crippen LogP) is 1.35. The van der Waals surface area contributed by atoms with Crippen LogP contribution in [0.5, 0.6) is 0 Å². The largest absolute Gasteiger partial charge is 0.344 e. The first-order valence-electron chi connectivity index (χ1n) is 11.5. The molecule has 180 valence electrons. The van der Waals surface area contributed by atoms with Crippen LogP contribution in [-0.4, -0.2) is 51.8 Å². The second-order valence-corrected chi connectivity index (χ2v) is 9.31. The van der Waals surface area contributed by atoms with Gasteiger partial charge in [-0.05, 0) is 49.3 Å². The van der Waals surface area contributed by atoms with E-state index in [0.29, 0.717) is 30.7 Å². The highest BCUT2D eigenvalue weighted by atomic mass is 16.2. The minimum atomic E-state index is -1.20. The third-order valence-corrected chi connectivity index (χ3v) is 6.98. The highest BCUT2D eigenvalue weighted by Gasteiger charge is 2.56. The zero-order valence-corrected chi connectivity index (χ0v) is 19.2. The van der Waals surface area contributed by atoms with E-state index in [-0.39, 0.29) is 0 Å². The molecule has 10 nitrogen and oxygen atoms in total. The molecule has 2 atom stereocenters. The Balaban J connectivity index is 1.24. The Labute approximate surface area is 201 Å². The van der Waals surface area contributed by atoms with Crippen LogP contribution in [0.4, 0.5) is 9.59 Å². The van der Waals surface area contributed by atoms with Crippen molar-refractivity contribution in [2.45, 2.75) is 43.7 Å². The number of amides is 7. The smallest absolute Gasteiger partial charge is 0.322 e. The Morgan fingerprint density at radius 3 is 2.43 bits per heavy atom. The van der Waals surface area contributed by atoms with Crippen molar-refractivity contribution in [2.75, 3.05) is 6.54 Å². The molecule has 10 heteroatoms. The zero-order valence-electron chi connectivity index (χ0n) is 19.2. The third kappa shape index (κ3) is 3.71. The number of fused-ring (bicyclic) bond motifs is 2. The molecule has 2 fully saturated rings. The second kappa shape index (κ2) is 8.23. The van der Waals surface area contributed by atoms with Gasteiger partial charge in [-0.2, -0.15) is 5.01 Å². The fourth-order valence-corrected chi connectivity index (χ4v) is 5.03. The van der Waals surface area contributed by atoms with Gasteiger partial charge in [0.15, 0.2) is 0 Å². The summed E-state index contributed by atoms with van der Waals surface area (Å²) in [7, 11) is 0. The monoisotopic (exact) mass is 475 g/mol. The summed E-state index contributed by atoms with van der Waals surface area (Å²) >= 11 is 0. The molecule has 35 heavy (non-hydrogen) atoms. The molecule has 5 rings (SSSR count). The molecule has 7 amide bonds. The minimum Gasteiger partial charge on any atom is -0.322 e. The highest BCUT2D eigenvalue weighted by Crippen LogP contribution is 2.41. The van der Waals surface area contributed by atoms with Crippen molar-refractivity contribution in [1.29, 1.82) is 0 Å². The topological polar surface area (TPSA) is 128 Å². The van der Waals surface area contributed by atoms with Crippen molar-refractivity contribution in [3.05, 3.63) is 71.3 Å². The number of urea groups is 2. The van der Waals surface area contributed by atoms with Crippen LogP contribution >= 0.6 is 0 Å². The lowest BCUT2D eigenvalue weighted by Crippen LogP contribution is -2.52. The number of hydrazine groups is 1. The van der Waals surface area contributed by atoms with Gasteiger partial charge in [-0.3, -0.25) is 24.7 Å². The van der Waals surface area contributed by atoms with E-state index in [4.69, 9.17) is 0 Å². The van der Waals surface area contributed by atoms with Gasteiger partial charge in [-0.15, -0.1) is 0 Å². The number of rotatable bonds is 6. The average molecular weight is 476 g/mol. The normalized spacial score (nSPS) is 25.2.